The van der Waals surface area contributed by atoms with E-state index in [1.165, 1.54) is 0 Å². The van der Waals surface area contributed by atoms with Crippen molar-refractivity contribution in [3.63, 3.8) is 0 Å². The number of carbonyl (C=O) groups excluding carboxylic acids is 1. The standard InChI is InChI=1S/C18H25N3O3/c1-12(23-5)13-7-6-8-14(9-13)21-17(22)20-11-16-19-10-15(24-16)18(2,3)4/h6-10,12H,11H2,1-5H3,(H2,20,21,22). The van der Waals surface area contributed by atoms with Crippen LogP contribution in [0.25, 0.3) is 0 Å². The van der Waals surface area contributed by atoms with Gasteiger partial charge in [-0.25, -0.2) is 9.78 Å². The zero-order chi connectivity index (χ0) is 17.7. The van der Waals surface area contributed by atoms with Crippen molar-refractivity contribution in [3.05, 3.63) is 47.7 Å². The van der Waals surface area contributed by atoms with Gasteiger partial charge in [-0.15, -0.1) is 0 Å². The molecule has 1 aromatic heterocycles. The maximum Gasteiger partial charge on any atom is 0.319 e. The lowest BCUT2D eigenvalue weighted by Gasteiger charge is -2.13. The zero-order valence-electron chi connectivity index (χ0n) is 14.8. The van der Waals surface area contributed by atoms with Gasteiger partial charge in [-0.3, -0.25) is 0 Å². The molecule has 2 rings (SSSR count). The second-order valence-corrected chi connectivity index (χ2v) is 6.68. The molecule has 2 N–H and O–H groups in total. The van der Waals surface area contributed by atoms with Crippen LogP contribution in [-0.2, 0) is 16.7 Å². The van der Waals surface area contributed by atoms with Crippen LogP contribution in [0.5, 0.6) is 0 Å². The van der Waals surface area contributed by atoms with Crippen molar-refractivity contribution in [3.8, 4) is 0 Å². The zero-order valence-corrected chi connectivity index (χ0v) is 14.8. The van der Waals surface area contributed by atoms with Crippen LogP contribution < -0.4 is 10.6 Å². The molecule has 0 aliphatic carbocycles. The van der Waals surface area contributed by atoms with E-state index in [9.17, 15) is 4.79 Å². The topological polar surface area (TPSA) is 76.4 Å². The van der Waals surface area contributed by atoms with Gasteiger partial charge in [0.1, 0.15) is 5.76 Å². The first kappa shape index (κ1) is 18.0. The molecule has 0 fully saturated rings. The summed E-state index contributed by atoms with van der Waals surface area (Å²) in [6, 6.07) is 7.24. The first-order valence-electron chi connectivity index (χ1n) is 7.92. The molecular formula is C18H25N3O3. The number of hydrogen-bond acceptors (Lipinski definition) is 4. The van der Waals surface area contributed by atoms with Crippen molar-refractivity contribution in [1.29, 1.82) is 0 Å². The molecule has 2 aromatic rings. The molecule has 2 amide bonds. The molecule has 0 saturated carbocycles. The van der Waals surface area contributed by atoms with Gasteiger partial charge in [0.05, 0.1) is 18.8 Å². The highest BCUT2D eigenvalue weighted by molar-refractivity contribution is 5.89. The SMILES string of the molecule is COC(C)c1cccc(NC(=O)NCc2ncc(C(C)(C)C)o2)c1. The van der Waals surface area contributed by atoms with Crippen molar-refractivity contribution in [1.82, 2.24) is 10.3 Å². The number of benzene rings is 1. The summed E-state index contributed by atoms with van der Waals surface area (Å²) in [5.74, 6) is 1.28. The molecule has 0 saturated heterocycles. The summed E-state index contributed by atoms with van der Waals surface area (Å²) in [4.78, 5) is 16.2. The predicted molar refractivity (Wildman–Crippen MR) is 92.9 cm³/mol. The van der Waals surface area contributed by atoms with Gasteiger partial charge >= 0.3 is 6.03 Å². The number of oxazole rings is 1. The van der Waals surface area contributed by atoms with Crippen molar-refractivity contribution in [2.45, 2.75) is 45.8 Å². The van der Waals surface area contributed by atoms with Crippen LogP contribution in [0.3, 0.4) is 0 Å². The van der Waals surface area contributed by atoms with E-state index in [-0.39, 0.29) is 24.1 Å². The average Bonchev–Trinajstić information content (AvgIpc) is 3.01. The lowest BCUT2D eigenvalue weighted by molar-refractivity contribution is 0.119. The molecule has 1 unspecified atom stereocenters. The van der Waals surface area contributed by atoms with Crippen LogP contribution in [0.4, 0.5) is 10.5 Å². The molecule has 0 radical (unpaired) electrons. The summed E-state index contributed by atoms with van der Waals surface area (Å²) in [6.07, 6.45) is 1.67. The molecule has 1 heterocycles. The van der Waals surface area contributed by atoms with E-state index in [0.29, 0.717) is 11.6 Å². The second-order valence-electron chi connectivity index (χ2n) is 6.68. The van der Waals surface area contributed by atoms with E-state index in [4.69, 9.17) is 9.15 Å². The smallest absolute Gasteiger partial charge is 0.319 e. The molecule has 1 atom stereocenters. The Morgan fingerprint density at radius 3 is 2.75 bits per heavy atom. The fraction of sp³-hybridized carbons (Fsp3) is 0.444. The van der Waals surface area contributed by atoms with Gasteiger partial charge in [0.25, 0.3) is 0 Å². The molecular weight excluding hydrogens is 306 g/mol. The highest BCUT2D eigenvalue weighted by Gasteiger charge is 2.19. The van der Waals surface area contributed by atoms with E-state index < -0.39 is 0 Å². The summed E-state index contributed by atoms with van der Waals surface area (Å²) >= 11 is 0. The minimum atomic E-state index is -0.312. The molecule has 0 aliphatic heterocycles. The Labute approximate surface area is 142 Å². The average molecular weight is 331 g/mol. The lowest BCUT2D eigenvalue weighted by Crippen LogP contribution is -2.28. The predicted octanol–water partition coefficient (Wildman–Crippen LogP) is 4.00. The van der Waals surface area contributed by atoms with Crippen LogP contribution in [0.2, 0.25) is 0 Å². The monoisotopic (exact) mass is 331 g/mol. The third-order valence-corrected chi connectivity index (χ3v) is 3.66. The van der Waals surface area contributed by atoms with Crippen LogP contribution in [0.15, 0.2) is 34.9 Å². The van der Waals surface area contributed by atoms with Crippen molar-refractivity contribution in [2.75, 3.05) is 12.4 Å². The van der Waals surface area contributed by atoms with Gasteiger partial charge in [-0.1, -0.05) is 32.9 Å². The Balaban J connectivity index is 1.91. The molecule has 1 aromatic carbocycles. The molecule has 130 valence electrons. The number of nitrogens with zero attached hydrogens (tertiary/aromatic N) is 1. The Morgan fingerprint density at radius 1 is 1.38 bits per heavy atom. The fourth-order valence-electron chi connectivity index (χ4n) is 2.08. The highest BCUT2D eigenvalue weighted by atomic mass is 16.5. The molecule has 0 bridgehead atoms. The van der Waals surface area contributed by atoms with Crippen LogP contribution >= 0.6 is 0 Å². The van der Waals surface area contributed by atoms with E-state index in [1.54, 1.807) is 13.3 Å². The lowest BCUT2D eigenvalue weighted by atomic mass is 9.94. The Bertz CT molecular complexity index is 689. The minimum Gasteiger partial charge on any atom is -0.443 e. The molecule has 24 heavy (non-hydrogen) atoms. The van der Waals surface area contributed by atoms with Gasteiger partial charge in [0.15, 0.2) is 0 Å². The third-order valence-electron chi connectivity index (χ3n) is 3.66. The van der Waals surface area contributed by atoms with Crippen molar-refractivity contribution < 1.29 is 13.9 Å². The van der Waals surface area contributed by atoms with Crippen LogP contribution in [-0.4, -0.2) is 18.1 Å². The van der Waals surface area contributed by atoms with Crippen molar-refractivity contribution >= 4 is 11.7 Å². The number of aromatic nitrogens is 1. The largest absolute Gasteiger partial charge is 0.443 e. The van der Waals surface area contributed by atoms with Crippen LogP contribution in [0, 0.1) is 0 Å². The molecule has 0 spiro atoms. The van der Waals surface area contributed by atoms with E-state index in [2.05, 4.69) is 15.6 Å². The minimum absolute atomic E-state index is 0.0297. The number of ether oxygens (including phenoxy) is 1. The third kappa shape index (κ3) is 4.83. The number of hydrogen-bond donors (Lipinski definition) is 2. The van der Waals surface area contributed by atoms with Crippen molar-refractivity contribution in [2.24, 2.45) is 0 Å². The second kappa shape index (κ2) is 7.49. The fourth-order valence-corrected chi connectivity index (χ4v) is 2.08. The summed E-state index contributed by atoms with van der Waals surface area (Å²) in [5.41, 5.74) is 1.60. The Morgan fingerprint density at radius 2 is 2.12 bits per heavy atom. The highest BCUT2D eigenvalue weighted by Crippen LogP contribution is 2.22. The number of rotatable bonds is 5. The van der Waals surface area contributed by atoms with Gasteiger partial charge in [0.2, 0.25) is 5.89 Å². The Hall–Kier alpha value is -2.34. The summed E-state index contributed by atoms with van der Waals surface area (Å²) in [5, 5.41) is 5.53. The number of urea groups is 1. The molecule has 6 nitrogen and oxygen atoms in total. The normalized spacial score (nSPS) is 12.7. The maximum absolute atomic E-state index is 12.0. The number of methoxy groups -OCH3 is 1. The number of carbonyl (C=O) groups is 1. The quantitative estimate of drug-likeness (QED) is 0.868. The molecule has 6 heteroatoms. The summed E-state index contributed by atoms with van der Waals surface area (Å²) in [6.45, 7) is 8.33. The molecule has 0 aliphatic rings. The summed E-state index contributed by atoms with van der Waals surface area (Å²) in [7, 11) is 1.65. The van der Waals surface area contributed by atoms with Gasteiger partial charge in [0, 0.05) is 18.2 Å². The van der Waals surface area contributed by atoms with E-state index >= 15 is 0 Å². The maximum atomic E-state index is 12.0. The van der Waals surface area contributed by atoms with Gasteiger partial charge < -0.3 is 19.8 Å². The first-order chi connectivity index (χ1) is 11.3. The van der Waals surface area contributed by atoms with Crippen LogP contribution in [0.1, 0.15) is 51.0 Å². The van der Waals surface area contributed by atoms with Gasteiger partial charge in [-0.05, 0) is 24.6 Å². The van der Waals surface area contributed by atoms with E-state index in [0.717, 1.165) is 11.3 Å². The first-order valence-corrected chi connectivity index (χ1v) is 7.92. The number of anilines is 1. The number of amides is 2. The number of nitrogens with one attached hydrogen (secondary N) is 2. The Kier molecular flexibility index (Phi) is 5.62. The summed E-state index contributed by atoms with van der Waals surface area (Å²) < 4.78 is 10.9. The van der Waals surface area contributed by atoms with Gasteiger partial charge in [-0.2, -0.15) is 0 Å². The van der Waals surface area contributed by atoms with E-state index in [1.807, 2.05) is 52.0 Å².